The number of hydrogen-bond acceptors (Lipinski definition) is 24. The number of aromatic hydroxyl groups is 2. The number of sulfonamides is 2. The van der Waals surface area contributed by atoms with Crippen LogP contribution >= 0.6 is 0 Å². The number of imide groups is 2. The average Bonchev–Trinajstić information content (AvgIpc) is 1.57. The number of phenols is 2. The zero-order valence-electron chi connectivity index (χ0n) is 78.5. The molecule has 3 fully saturated rings. The number of esters is 3. The van der Waals surface area contributed by atoms with Gasteiger partial charge in [-0.25, -0.2) is 26.3 Å². The fourth-order valence-corrected chi connectivity index (χ4v) is 22.3. The highest BCUT2D eigenvalue weighted by Gasteiger charge is 2.63. The van der Waals surface area contributed by atoms with Gasteiger partial charge in [0.05, 0.1) is 103 Å². The van der Waals surface area contributed by atoms with Gasteiger partial charge in [-0.1, -0.05) is 183 Å². The van der Waals surface area contributed by atoms with Gasteiger partial charge in [0.2, 0.25) is 55.5 Å². The molecule has 7 rings (SSSR count). The van der Waals surface area contributed by atoms with Gasteiger partial charge >= 0.3 is 35.8 Å². The average molecular weight is 1850 g/mol. The van der Waals surface area contributed by atoms with Crippen LogP contribution in [0.2, 0.25) is 0 Å². The molecule has 6 amide bonds. The number of likely N-dealkylation sites (tertiary alicyclic amines) is 2. The molecule has 4 aromatic rings. The summed E-state index contributed by atoms with van der Waals surface area (Å²) in [6.45, 7) is 28.6. The Morgan fingerprint density at radius 3 is 1.28 bits per heavy atom. The maximum Gasteiger partial charge on any atom is 0.318 e. The number of aryl methyl sites for hydroxylation is 2. The lowest BCUT2D eigenvalue weighted by molar-refractivity contribution is -0.168. The van der Waals surface area contributed by atoms with Crippen molar-refractivity contribution in [3.8, 4) is 23.0 Å². The highest BCUT2D eigenvalue weighted by atomic mass is 32.2. The second kappa shape index (κ2) is 42.8. The molecule has 0 bridgehead atoms. The number of rotatable bonds is 50. The maximum absolute atomic E-state index is 16.0. The van der Waals surface area contributed by atoms with E-state index in [4.69, 9.17) is 18.9 Å². The summed E-state index contributed by atoms with van der Waals surface area (Å²) < 4.78 is 83.0. The summed E-state index contributed by atoms with van der Waals surface area (Å²) in [7, 11) is -6.91. The van der Waals surface area contributed by atoms with Crippen LogP contribution in [0.5, 0.6) is 23.0 Å². The summed E-state index contributed by atoms with van der Waals surface area (Å²) in [4.78, 5) is 205. The number of methoxy groups -OCH3 is 2. The number of phenolic OH excluding ortho intramolecular Hbond substituents is 2. The van der Waals surface area contributed by atoms with Crippen LogP contribution in [0.4, 0.5) is 0 Å². The number of aliphatic carboxylic acids is 3. The summed E-state index contributed by atoms with van der Waals surface area (Å²) >= 11 is 0. The Hall–Kier alpha value is -10.5. The number of carbonyl (C=O) groups is 14. The van der Waals surface area contributed by atoms with Crippen molar-refractivity contribution in [1.82, 2.24) is 29.9 Å². The van der Waals surface area contributed by atoms with Gasteiger partial charge in [0.1, 0.15) is 32.8 Å². The second-order valence-electron chi connectivity index (χ2n) is 39.0. The number of benzene rings is 4. The lowest BCUT2D eigenvalue weighted by Crippen LogP contribution is -2.51. The van der Waals surface area contributed by atoms with Crippen LogP contribution < -0.4 is 29.6 Å². The monoisotopic (exact) mass is 1850 g/mol. The predicted molar refractivity (Wildman–Crippen MR) is 477 cm³/mol. The topological polar surface area (TPSA) is 500 Å². The van der Waals surface area contributed by atoms with Crippen molar-refractivity contribution < 1.29 is 128 Å². The summed E-state index contributed by atoms with van der Waals surface area (Å²) in [5.74, 6) is -33.5. The summed E-state index contributed by atoms with van der Waals surface area (Å²) in [6.07, 6.45) is -1.41. The largest absolute Gasteiger partial charge is 0.507 e. The SMILES string of the molecule is CCCCNC(=O)C(C(CC(C)(C)C(C(=O)OCC)C(CC(C)(C)C1C(=O)OC(=O)C1C)C(=O)O)C(=O)O)C(C)(C)CC1C(=O)N(CCC)C(=O)C1C(C)(C)CC1C(=O)N(CCCNS(=O)(=O)c2cc(C(=O)c3ccc(C)cc3)c(O)cc2OC)C(=O)C1C(C)(C)CC(C(=O)O)C(C(=O)NCCCNS(=O)(=O)c1cc(C(=O)c2ccc(C)cc2)c(O)cc1OC)C(C)(C)CC. The number of carbonyl (C=O) groups excluding carboxylic acids is 11. The van der Waals surface area contributed by atoms with Crippen molar-refractivity contribution in [1.29, 1.82) is 0 Å². The number of nitrogens with one attached hydrogen (secondary N) is 4. The Labute approximate surface area is 761 Å². The first-order chi connectivity index (χ1) is 60.3. The maximum atomic E-state index is 16.0. The Morgan fingerprint density at radius 2 is 0.869 bits per heavy atom. The number of hydrogen-bond donors (Lipinski definition) is 9. The molecule has 12 unspecified atom stereocenters. The van der Waals surface area contributed by atoms with E-state index in [-0.39, 0.29) is 92.2 Å². The summed E-state index contributed by atoms with van der Waals surface area (Å²) in [5.41, 5.74) is -7.97. The minimum atomic E-state index is -4.69. The lowest BCUT2D eigenvalue weighted by atomic mass is 9.57. The van der Waals surface area contributed by atoms with Crippen molar-refractivity contribution in [2.45, 2.75) is 212 Å². The Morgan fingerprint density at radius 1 is 0.469 bits per heavy atom. The van der Waals surface area contributed by atoms with Crippen LogP contribution in [-0.2, 0) is 87.1 Å². The zero-order valence-corrected chi connectivity index (χ0v) is 80.1. The van der Waals surface area contributed by atoms with E-state index in [1.54, 1.807) is 121 Å². The Bertz CT molecular complexity index is 5170. The van der Waals surface area contributed by atoms with E-state index in [9.17, 15) is 80.7 Å². The Balaban J connectivity index is 1.28. The number of amides is 6. The smallest absolute Gasteiger partial charge is 0.318 e. The van der Waals surface area contributed by atoms with Crippen molar-refractivity contribution in [3.63, 3.8) is 0 Å². The lowest BCUT2D eigenvalue weighted by Gasteiger charge is -2.45. The third-order valence-electron chi connectivity index (χ3n) is 26.7. The molecule has 0 radical (unpaired) electrons. The van der Waals surface area contributed by atoms with Gasteiger partial charge in [-0.05, 0) is 123 Å². The molecule has 12 atom stereocenters. The van der Waals surface area contributed by atoms with E-state index in [0.717, 1.165) is 52.3 Å². The van der Waals surface area contributed by atoms with Crippen LogP contribution in [-0.4, -0.2) is 195 Å². The standard InChI is InChI=1S/C95H132N6O27S2/c1-22-26-37-96-79(107)72(62(85(114)115)50-95(18,19)75(88(119)127-25-4)63(86(116)117)51-91(10,11)70-54(7)87(118)128-89(70)120)92(12,13)47-59-73(82(110)100(41-23-2)80(59)108)93(14,15)48-60-74(83(111)101(81(60)109)42-28-40-99-130(123,124)69-44-58(65(103)46-67(69)126-21)77(105)56-35-31-53(6)32-36-56)94(16,17)49-61(84(112)113)71(90(8,9)24-3)78(106)97-38-27-39-98-129(121,122)68-43-57(64(102)45-66(68)125-20)76(104)55-33-29-52(5)30-34-55/h29-36,43-46,54,59-63,70-75,98-99,102-103H,22-28,37-42,47-51H2,1-21H3,(H,96,107)(H,97,106)(H,112,113)(H,114,115)(H,116,117). The molecule has 3 aliphatic heterocycles. The number of carboxylic acid groups (broad SMARTS) is 3. The van der Waals surface area contributed by atoms with Gasteiger partial charge in [-0.3, -0.25) is 76.9 Å². The first kappa shape index (κ1) is 107. The number of carboxylic acids is 3. The van der Waals surface area contributed by atoms with Gasteiger partial charge in [0.15, 0.2) is 11.6 Å². The van der Waals surface area contributed by atoms with Crippen LogP contribution in [0.3, 0.4) is 0 Å². The first-order valence-electron chi connectivity index (χ1n) is 44.2. The molecular formula is C95H132N6O27S2. The van der Waals surface area contributed by atoms with E-state index < -0.39 is 273 Å². The van der Waals surface area contributed by atoms with Crippen LogP contribution in [0, 0.1) is 117 Å². The fraction of sp³-hybridized carbons (Fsp3) is 0.600. The van der Waals surface area contributed by atoms with Crippen molar-refractivity contribution in [2.24, 2.45) is 104 Å². The third-order valence-corrected chi connectivity index (χ3v) is 29.6. The van der Waals surface area contributed by atoms with Crippen LogP contribution in [0.25, 0.3) is 0 Å². The highest BCUT2D eigenvalue weighted by Crippen LogP contribution is 2.57. The highest BCUT2D eigenvalue weighted by molar-refractivity contribution is 7.90. The van der Waals surface area contributed by atoms with Crippen molar-refractivity contribution >= 4 is 103 Å². The Kier molecular flexibility index (Phi) is 35.1. The molecule has 3 saturated heterocycles. The number of unbranched alkanes of at least 4 members (excludes halogenated alkanes) is 1. The van der Waals surface area contributed by atoms with Gasteiger partial charge in [-0.15, -0.1) is 0 Å². The van der Waals surface area contributed by atoms with E-state index in [2.05, 4.69) is 20.1 Å². The van der Waals surface area contributed by atoms with E-state index >= 15 is 28.8 Å². The van der Waals surface area contributed by atoms with Gasteiger partial charge in [-0.2, -0.15) is 0 Å². The van der Waals surface area contributed by atoms with Crippen LogP contribution in [0.15, 0.2) is 82.6 Å². The van der Waals surface area contributed by atoms with Crippen LogP contribution in [0.1, 0.15) is 231 Å². The molecule has 33 nitrogen and oxygen atoms in total. The molecule has 3 aliphatic rings. The molecule has 4 aromatic carbocycles. The van der Waals surface area contributed by atoms with Crippen molar-refractivity contribution in [3.05, 3.63) is 106 Å². The number of cyclic esters (lactones) is 2. The summed E-state index contributed by atoms with van der Waals surface area (Å²) in [5, 5.41) is 62.1. The molecule has 0 spiro atoms. The van der Waals surface area contributed by atoms with E-state index in [1.807, 2.05) is 6.92 Å². The number of ether oxygens (including phenoxy) is 4. The van der Waals surface area contributed by atoms with E-state index in [0.29, 0.717) is 12.8 Å². The molecule has 9 N–H and O–H groups in total. The molecular weight excluding hydrogens is 1720 g/mol. The zero-order chi connectivity index (χ0) is 98.0. The van der Waals surface area contributed by atoms with Gasteiger partial charge in [0.25, 0.3) is 0 Å². The molecule has 130 heavy (non-hydrogen) atoms. The molecule has 3 heterocycles. The minimum Gasteiger partial charge on any atom is -0.507 e. The minimum absolute atomic E-state index is 0.0356. The van der Waals surface area contributed by atoms with E-state index in [1.165, 1.54) is 59.1 Å². The fourth-order valence-electron chi connectivity index (χ4n) is 19.8. The quantitative estimate of drug-likeness (QED) is 0.00652. The first-order valence-corrected chi connectivity index (χ1v) is 47.2. The third kappa shape index (κ3) is 24.0. The number of nitrogens with zero attached hydrogens (tertiary/aromatic N) is 2. The normalized spacial score (nSPS) is 19.3. The van der Waals surface area contributed by atoms with Gasteiger partial charge < -0.3 is 55.1 Å². The number of ketones is 2. The summed E-state index contributed by atoms with van der Waals surface area (Å²) in [6, 6.07) is 16.6. The predicted octanol–water partition coefficient (Wildman–Crippen LogP) is 11.2. The second-order valence-corrected chi connectivity index (χ2v) is 42.5. The molecule has 0 aromatic heterocycles. The molecule has 0 saturated carbocycles. The molecule has 0 aliphatic carbocycles. The molecule has 716 valence electrons. The van der Waals surface area contributed by atoms with Gasteiger partial charge in [0, 0.05) is 62.5 Å². The molecule has 35 heteroatoms. The van der Waals surface area contributed by atoms with Crippen molar-refractivity contribution in [2.75, 3.05) is 60.1 Å².